The molecule has 5 heteroatoms. The van der Waals surface area contributed by atoms with Crippen LogP contribution >= 0.6 is 0 Å². The Kier molecular flexibility index (Phi) is 3.36. The summed E-state index contributed by atoms with van der Waals surface area (Å²) in [7, 11) is 0. The van der Waals surface area contributed by atoms with Gasteiger partial charge in [0.1, 0.15) is 5.69 Å². The van der Waals surface area contributed by atoms with Crippen molar-refractivity contribution in [2.24, 2.45) is 0 Å². The monoisotopic (exact) mass is 273 g/mol. The fourth-order valence-electron chi connectivity index (χ4n) is 2.39. The zero-order valence-electron chi connectivity index (χ0n) is 11.1. The summed E-state index contributed by atoms with van der Waals surface area (Å²) in [5.41, 5.74) is 1.05. The van der Waals surface area contributed by atoms with Gasteiger partial charge in [0.25, 0.3) is 0 Å². The Morgan fingerprint density at radius 1 is 0.810 bits per heavy atom. The van der Waals surface area contributed by atoms with Crippen LogP contribution in [0.25, 0.3) is 0 Å². The van der Waals surface area contributed by atoms with Crippen molar-refractivity contribution in [1.29, 1.82) is 5.26 Å². The molecular formula is C16H11N5. The predicted molar refractivity (Wildman–Crippen MR) is 76.0 cm³/mol. The minimum absolute atomic E-state index is 0.456. The molecule has 3 aromatic rings. The van der Waals surface area contributed by atoms with Crippen molar-refractivity contribution in [1.82, 2.24) is 20.6 Å². The lowest BCUT2D eigenvalue weighted by Crippen LogP contribution is -2.29. The molecule has 0 aliphatic rings. The molecule has 21 heavy (non-hydrogen) atoms. The average molecular weight is 273 g/mol. The van der Waals surface area contributed by atoms with E-state index in [-0.39, 0.29) is 0 Å². The topological polar surface area (TPSA) is 75.3 Å². The quantitative estimate of drug-likeness (QED) is 0.730. The van der Waals surface area contributed by atoms with Crippen LogP contribution in [0, 0.1) is 11.3 Å². The second-order valence-corrected chi connectivity index (χ2v) is 4.50. The van der Waals surface area contributed by atoms with E-state index >= 15 is 0 Å². The maximum atomic E-state index is 9.97. The Morgan fingerprint density at radius 3 is 1.81 bits per heavy atom. The third-order valence-corrected chi connectivity index (χ3v) is 3.39. The number of hydrogen-bond donors (Lipinski definition) is 0. The third kappa shape index (κ3) is 2.13. The van der Waals surface area contributed by atoms with Crippen LogP contribution in [0.15, 0.2) is 66.9 Å². The molecular weight excluding hydrogens is 262 g/mol. The SMILES string of the molecule is N#CC(c1ccccc1)(c1ccccc1)c1cnnnn1. The molecule has 1 heterocycles. The average Bonchev–Trinajstić information content (AvgIpc) is 2.59. The first-order valence-electron chi connectivity index (χ1n) is 6.42. The fourth-order valence-corrected chi connectivity index (χ4v) is 2.39. The van der Waals surface area contributed by atoms with E-state index in [4.69, 9.17) is 0 Å². The van der Waals surface area contributed by atoms with Gasteiger partial charge in [0.05, 0.1) is 12.3 Å². The van der Waals surface area contributed by atoms with Crippen molar-refractivity contribution < 1.29 is 0 Å². The normalized spacial score (nSPS) is 10.8. The fraction of sp³-hybridized carbons (Fsp3) is 0.0625. The van der Waals surface area contributed by atoms with Crippen molar-refractivity contribution in [2.45, 2.75) is 5.41 Å². The number of hydrogen-bond acceptors (Lipinski definition) is 5. The number of rotatable bonds is 3. The van der Waals surface area contributed by atoms with E-state index in [1.54, 1.807) is 0 Å². The van der Waals surface area contributed by atoms with Gasteiger partial charge in [-0.15, -0.1) is 10.2 Å². The van der Waals surface area contributed by atoms with Crippen LogP contribution in [-0.4, -0.2) is 20.6 Å². The molecule has 0 spiro atoms. The van der Waals surface area contributed by atoms with Gasteiger partial charge in [0, 0.05) is 0 Å². The summed E-state index contributed by atoms with van der Waals surface area (Å²) < 4.78 is 0. The van der Waals surface area contributed by atoms with Crippen LogP contribution in [0.5, 0.6) is 0 Å². The minimum atomic E-state index is -1.05. The van der Waals surface area contributed by atoms with Gasteiger partial charge < -0.3 is 0 Å². The summed E-state index contributed by atoms with van der Waals surface area (Å²) in [6.45, 7) is 0. The number of benzene rings is 2. The molecule has 100 valence electrons. The number of nitrogens with zero attached hydrogens (tertiary/aromatic N) is 5. The van der Waals surface area contributed by atoms with Gasteiger partial charge in [-0.2, -0.15) is 5.26 Å². The summed E-state index contributed by atoms with van der Waals surface area (Å²) in [5, 5.41) is 24.8. The molecule has 0 bridgehead atoms. The van der Waals surface area contributed by atoms with E-state index < -0.39 is 5.41 Å². The lowest BCUT2D eigenvalue weighted by atomic mass is 9.73. The summed E-state index contributed by atoms with van der Waals surface area (Å²) in [6, 6.07) is 21.4. The van der Waals surface area contributed by atoms with Crippen molar-refractivity contribution in [3.05, 3.63) is 83.7 Å². The molecule has 0 saturated heterocycles. The number of aromatic nitrogens is 4. The first-order chi connectivity index (χ1) is 10.4. The molecule has 0 N–H and O–H groups in total. The van der Waals surface area contributed by atoms with E-state index in [0.29, 0.717) is 5.69 Å². The molecule has 2 aromatic carbocycles. The van der Waals surface area contributed by atoms with Gasteiger partial charge in [-0.25, -0.2) is 0 Å². The molecule has 0 amide bonds. The van der Waals surface area contributed by atoms with E-state index in [1.807, 2.05) is 60.7 Å². The van der Waals surface area contributed by atoms with Crippen LogP contribution in [0.4, 0.5) is 0 Å². The first kappa shape index (κ1) is 12.9. The molecule has 3 rings (SSSR count). The van der Waals surface area contributed by atoms with Crippen molar-refractivity contribution in [2.75, 3.05) is 0 Å². The van der Waals surface area contributed by atoms with Gasteiger partial charge in [0.2, 0.25) is 0 Å². The summed E-state index contributed by atoms with van der Waals surface area (Å²) in [5.74, 6) is 0. The highest BCUT2D eigenvalue weighted by Crippen LogP contribution is 2.36. The van der Waals surface area contributed by atoms with Gasteiger partial charge in [0.15, 0.2) is 5.41 Å². The third-order valence-electron chi connectivity index (χ3n) is 3.39. The lowest BCUT2D eigenvalue weighted by Gasteiger charge is -2.26. The maximum Gasteiger partial charge on any atom is 0.153 e. The van der Waals surface area contributed by atoms with Crippen LogP contribution in [0.1, 0.15) is 16.8 Å². The Hall–Kier alpha value is -3.13. The van der Waals surface area contributed by atoms with Crippen molar-refractivity contribution >= 4 is 0 Å². The van der Waals surface area contributed by atoms with Crippen LogP contribution in [0.3, 0.4) is 0 Å². The zero-order chi connectivity index (χ0) is 14.5. The molecule has 0 aliphatic carbocycles. The van der Waals surface area contributed by atoms with E-state index in [9.17, 15) is 5.26 Å². The van der Waals surface area contributed by atoms with E-state index in [0.717, 1.165) is 11.1 Å². The smallest absolute Gasteiger partial charge is 0.153 e. The van der Waals surface area contributed by atoms with Crippen LogP contribution in [0.2, 0.25) is 0 Å². The second kappa shape index (κ2) is 5.47. The zero-order valence-corrected chi connectivity index (χ0v) is 11.1. The van der Waals surface area contributed by atoms with Crippen molar-refractivity contribution in [3.8, 4) is 6.07 Å². The predicted octanol–water partition coefficient (Wildman–Crippen LogP) is 2.12. The molecule has 0 radical (unpaired) electrons. The van der Waals surface area contributed by atoms with Gasteiger partial charge in [-0.05, 0) is 21.6 Å². The van der Waals surface area contributed by atoms with Crippen LogP contribution in [-0.2, 0) is 5.41 Å². The summed E-state index contributed by atoms with van der Waals surface area (Å²) in [4.78, 5) is 0. The Bertz CT molecular complexity index is 654. The first-order valence-corrected chi connectivity index (χ1v) is 6.42. The van der Waals surface area contributed by atoms with E-state index in [1.165, 1.54) is 6.20 Å². The maximum absolute atomic E-state index is 9.97. The highest BCUT2D eigenvalue weighted by molar-refractivity contribution is 5.53. The Balaban J connectivity index is 2.32. The van der Waals surface area contributed by atoms with Gasteiger partial charge in [-0.1, -0.05) is 60.7 Å². The Labute approximate surface area is 121 Å². The molecule has 0 atom stereocenters. The summed E-state index contributed by atoms with van der Waals surface area (Å²) in [6.07, 6.45) is 1.48. The highest BCUT2D eigenvalue weighted by atomic mass is 15.4. The highest BCUT2D eigenvalue weighted by Gasteiger charge is 2.38. The molecule has 1 aromatic heterocycles. The largest absolute Gasteiger partial charge is 0.197 e. The molecule has 0 saturated carbocycles. The molecule has 5 nitrogen and oxygen atoms in total. The summed E-state index contributed by atoms with van der Waals surface area (Å²) >= 11 is 0. The van der Waals surface area contributed by atoms with Crippen molar-refractivity contribution in [3.63, 3.8) is 0 Å². The van der Waals surface area contributed by atoms with Gasteiger partial charge >= 0.3 is 0 Å². The molecule has 0 fully saturated rings. The second-order valence-electron chi connectivity index (χ2n) is 4.50. The Morgan fingerprint density at radius 2 is 1.38 bits per heavy atom. The van der Waals surface area contributed by atoms with E-state index in [2.05, 4.69) is 26.7 Å². The minimum Gasteiger partial charge on any atom is -0.197 e. The van der Waals surface area contributed by atoms with Gasteiger partial charge in [-0.3, -0.25) is 0 Å². The molecule has 0 unspecified atom stereocenters. The van der Waals surface area contributed by atoms with Crippen LogP contribution < -0.4 is 0 Å². The standard InChI is InChI=1S/C16H11N5/c17-12-16(13-7-3-1-4-8-13,14-9-5-2-6-10-14)15-11-18-20-21-19-15/h1-11H. The molecule has 0 aliphatic heterocycles. The lowest BCUT2D eigenvalue weighted by molar-refractivity contribution is 0.661. The number of nitriles is 1.